The van der Waals surface area contributed by atoms with E-state index >= 15 is 0 Å². The molecule has 0 atom stereocenters. The van der Waals surface area contributed by atoms with Gasteiger partial charge in [-0.15, -0.1) is 0 Å². The van der Waals surface area contributed by atoms with Gasteiger partial charge in [-0.3, -0.25) is 4.79 Å². The molecule has 1 N–H and O–H groups in total. The molecule has 0 unspecified atom stereocenters. The molecule has 114 valence electrons. The van der Waals surface area contributed by atoms with Crippen LogP contribution in [0.2, 0.25) is 0 Å². The van der Waals surface area contributed by atoms with Crippen LogP contribution in [0, 0.1) is 5.82 Å². The van der Waals surface area contributed by atoms with Crippen LogP contribution in [0.3, 0.4) is 0 Å². The van der Waals surface area contributed by atoms with Gasteiger partial charge in [-0.2, -0.15) is 0 Å². The molecule has 0 aliphatic carbocycles. The molecule has 0 heterocycles. The zero-order valence-electron chi connectivity index (χ0n) is 12.3. The Hall–Kier alpha value is -2.82. The largest absolute Gasteiger partial charge is 0.497 e. The fraction of sp³-hybridized carbons (Fsp3) is 0.118. The SMILES string of the molecule is COc1ccc(NC(=O)C=Cc2ccccc2F)c(OC)c1. The third-order valence-electron chi connectivity index (χ3n) is 2.99. The van der Waals surface area contributed by atoms with E-state index in [0.717, 1.165) is 0 Å². The average molecular weight is 301 g/mol. The van der Waals surface area contributed by atoms with Crippen molar-refractivity contribution in [2.24, 2.45) is 0 Å². The highest BCUT2D eigenvalue weighted by Crippen LogP contribution is 2.28. The Bertz CT molecular complexity index is 698. The molecule has 0 aliphatic heterocycles. The number of anilines is 1. The van der Waals surface area contributed by atoms with Gasteiger partial charge in [-0.1, -0.05) is 18.2 Å². The van der Waals surface area contributed by atoms with Crippen LogP contribution < -0.4 is 14.8 Å². The Morgan fingerprint density at radius 2 is 1.91 bits per heavy atom. The lowest BCUT2D eigenvalue weighted by atomic mass is 10.2. The molecule has 2 aromatic rings. The number of amides is 1. The van der Waals surface area contributed by atoms with Crippen molar-refractivity contribution >= 4 is 17.7 Å². The minimum absolute atomic E-state index is 0.347. The summed E-state index contributed by atoms with van der Waals surface area (Å²) in [7, 11) is 3.05. The predicted octanol–water partition coefficient (Wildman–Crippen LogP) is 3.49. The Balaban J connectivity index is 2.11. The number of hydrogen-bond acceptors (Lipinski definition) is 3. The minimum Gasteiger partial charge on any atom is -0.497 e. The summed E-state index contributed by atoms with van der Waals surface area (Å²) >= 11 is 0. The number of rotatable bonds is 5. The number of benzene rings is 2. The molecule has 2 rings (SSSR count). The number of halogens is 1. The average Bonchev–Trinajstić information content (AvgIpc) is 2.54. The Morgan fingerprint density at radius 1 is 1.14 bits per heavy atom. The number of carbonyl (C=O) groups is 1. The van der Waals surface area contributed by atoms with Crippen LogP contribution in [-0.4, -0.2) is 20.1 Å². The van der Waals surface area contributed by atoms with E-state index in [4.69, 9.17) is 9.47 Å². The maximum atomic E-state index is 13.5. The Morgan fingerprint density at radius 3 is 2.59 bits per heavy atom. The van der Waals surface area contributed by atoms with E-state index in [1.54, 1.807) is 43.5 Å². The van der Waals surface area contributed by atoms with Gasteiger partial charge in [-0.25, -0.2) is 4.39 Å². The lowest BCUT2D eigenvalue weighted by Gasteiger charge is -2.10. The second-order valence-corrected chi connectivity index (χ2v) is 4.41. The first kappa shape index (κ1) is 15.6. The summed E-state index contributed by atoms with van der Waals surface area (Å²) in [5.41, 5.74) is 0.853. The summed E-state index contributed by atoms with van der Waals surface area (Å²) in [6.07, 6.45) is 2.68. The molecule has 0 aromatic heterocycles. The summed E-state index contributed by atoms with van der Waals surface area (Å²) in [6, 6.07) is 11.3. The standard InChI is InChI=1S/C17H16FNO3/c1-21-13-8-9-15(16(11-13)22-2)19-17(20)10-7-12-5-3-4-6-14(12)18/h3-11H,1-2H3,(H,19,20). The van der Waals surface area contributed by atoms with Crippen LogP contribution in [0.5, 0.6) is 11.5 Å². The van der Waals surface area contributed by atoms with E-state index in [9.17, 15) is 9.18 Å². The third kappa shape index (κ3) is 3.85. The van der Waals surface area contributed by atoms with Crippen LogP contribution >= 0.6 is 0 Å². The number of ether oxygens (including phenoxy) is 2. The highest BCUT2D eigenvalue weighted by Gasteiger charge is 2.07. The first-order valence-corrected chi connectivity index (χ1v) is 6.59. The van der Waals surface area contributed by atoms with Gasteiger partial charge in [0.15, 0.2) is 0 Å². The maximum absolute atomic E-state index is 13.5. The molecule has 1 amide bonds. The molecule has 0 bridgehead atoms. The van der Waals surface area contributed by atoms with Gasteiger partial charge in [0.05, 0.1) is 19.9 Å². The first-order valence-electron chi connectivity index (χ1n) is 6.59. The summed E-state index contributed by atoms with van der Waals surface area (Å²) in [6.45, 7) is 0. The smallest absolute Gasteiger partial charge is 0.248 e. The van der Waals surface area contributed by atoms with E-state index in [2.05, 4.69) is 5.32 Å². The number of nitrogens with one attached hydrogen (secondary N) is 1. The lowest BCUT2D eigenvalue weighted by molar-refractivity contribution is -0.111. The van der Waals surface area contributed by atoms with E-state index in [0.29, 0.717) is 22.7 Å². The summed E-state index contributed by atoms with van der Waals surface area (Å²) < 4.78 is 23.7. The number of carbonyl (C=O) groups excluding carboxylic acids is 1. The number of hydrogen-bond donors (Lipinski definition) is 1. The van der Waals surface area contributed by atoms with E-state index < -0.39 is 0 Å². The van der Waals surface area contributed by atoms with Gasteiger partial charge >= 0.3 is 0 Å². The van der Waals surface area contributed by atoms with Crippen molar-refractivity contribution in [1.82, 2.24) is 0 Å². The van der Waals surface area contributed by atoms with E-state index in [1.165, 1.54) is 25.3 Å². The molecule has 0 saturated heterocycles. The van der Waals surface area contributed by atoms with Crippen LogP contribution in [0.25, 0.3) is 6.08 Å². The highest BCUT2D eigenvalue weighted by atomic mass is 19.1. The Labute approximate surface area is 128 Å². The van der Waals surface area contributed by atoms with Gasteiger partial charge in [-0.05, 0) is 24.3 Å². The van der Waals surface area contributed by atoms with Crippen LogP contribution in [0.1, 0.15) is 5.56 Å². The molecule has 0 fully saturated rings. The molecule has 0 spiro atoms. The Kier molecular flexibility index (Phi) is 5.14. The van der Waals surface area contributed by atoms with Gasteiger partial charge < -0.3 is 14.8 Å². The molecule has 0 radical (unpaired) electrons. The van der Waals surface area contributed by atoms with Gasteiger partial charge in [0.1, 0.15) is 17.3 Å². The molecule has 5 heteroatoms. The first-order chi connectivity index (χ1) is 10.6. The lowest BCUT2D eigenvalue weighted by Crippen LogP contribution is -2.09. The van der Waals surface area contributed by atoms with Gasteiger partial charge in [0.2, 0.25) is 5.91 Å². The molecule has 0 aliphatic rings. The van der Waals surface area contributed by atoms with Crippen molar-refractivity contribution in [3.8, 4) is 11.5 Å². The zero-order chi connectivity index (χ0) is 15.9. The topological polar surface area (TPSA) is 47.6 Å². The van der Waals surface area contributed by atoms with E-state index in [-0.39, 0.29) is 11.7 Å². The minimum atomic E-state index is -0.383. The molecule has 4 nitrogen and oxygen atoms in total. The van der Waals surface area contributed by atoms with Gasteiger partial charge in [0, 0.05) is 17.7 Å². The monoisotopic (exact) mass is 301 g/mol. The van der Waals surface area contributed by atoms with Crippen LogP contribution in [0.4, 0.5) is 10.1 Å². The van der Waals surface area contributed by atoms with Crippen molar-refractivity contribution in [1.29, 1.82) is 0 Å². The molecular formula is C17H16FNO3. The van der Waals surface area contributed by atoms with Crippen molar-refractivity contribution in [3.63, 3.8) is 0 Å². The highest BCUT2D eigenvalue weighted by molar-refractivity contribution is 6.02. The summed E-state index contributed by atoms with van der Waals surface area (Å²) in [5.74, 6) is 0.337. The normalized spacial score (nSPS) is 10.5. The molecular weight excluding hydrogens is 285 g/mol. The fourth-order valence-corrected chi connectivity index (χ4v) is 1.85. The maximum Gasteiger partial charge on any atom is 0.248 e. The predicted molar refractivity (Wildman–Crippen MR) is 83.6 cm³/mol. The van der Waals surface area contributed by atoms with Crippen molar-refractivity contribution in [2.45, 2.75) is 0 Å². The molecule has 2 aromatic carbocycles. The zero-order valence-corrected chi connectivity index (χ0v) is 12.3. The third-order valence-corrected chi connectivity index (χ3v) is 2.99. The summed E-state index contributed by atoms with van der Waals surface area (Å²) in [5, 5.41) is 2.67. The second-order valence-electron chi connectivity index (χ2n) is 4.41. The fourth-order valence-electron chi connectivity index (χ4n) is 1.85. The number of methoxy groups -OCH3 is 2. The van der Waals surface area contributed by atoms with Crippen molar-refractivity contribution in [2.75, 3.05) is 19.5 Å². The molecule has 0 saturated carbocycles. The second kappa shape index (κ2) is 7.26. The molecule has 22 heavy (non-hydrogen) atoms. The van der Waals surface area contributed by atoms with Gasteiger partial charge in [0.25, 0.3) is 0 Å². The van der Waals surface area contributed by atoms with E-state index in [1.807, 2.05) is 0 Å². The summed E-state index contributed by atoms with van der Waals surface area (Å²) in [4.78, 5) is 11.9. The van der Waals surface area contributed by atoms with Crippen molar-refractivity contribution in [3.05, 3.63) is 59.9 Å². The quantitative estimate of drug-likeness (QED) is 0.860. The van der Waals surface area contributed by atoms with Crippen LogP contribution in [0.15, 0.2) is 48.5 Å². The van der Waals surface area contributed by atoms with Crippen molar-refractivity contribution < 1.29 is 18.7 Å². The van der Waals surface area contributed by atoms with Crippen LogP contribution in [-0.2, 0) is 4.79 Å².